The van der Waals surface area contributed by atoms with Crippen LogP contribution in [-0.2, 0) is 20.5 Å². The summed E-state index contributed by atoms with van der Waals surface area (Å²) in [5, 5.41) is 7.84. The van der Waals surface area contributed by atoms with E-state index in [9.17, 15) is 19.2 Å². The van der Waals surface area contributed by atoms with Crippen molar-refractivity contribution in [2.75, 3.05) is 0 Å². The third-order valence-corrected chi connectivity index (χ3v) is 9.87. The predicted molar refractivity (Wildman–Crippen MR) is 132 cm³/mol. The number of carbonyl (C=O) groups excluding carboxylic acids is 2. The minimum atomic E-state index is -1.11. The zero-order valence-electron chi connectivity index (χ0n) is 17.7. The van der Waals surface area contributed by atoms with Gasteiger partial charge in [0, 0.05) is 14.1 Å². The Morgan fingerprint density at radius 2 is 1.28 bits per heavy atom. The summed E-state index contributed by atoms with van der Waals surface area (Å²) in [4.78, 5) is 59.3. The molecular weight excluding hydrogens is 446 g/mol. The monoisotopic (exact) mass is 467 g/mol. The van der Waals surface area contributed by atoms with Crippen molar-refractivity contribution in [3.63, 3.8) is 0 Å². The highest BCUT2D eigenvalue weighted by Gasteiger charge is 2.40. The second-order valence-corrected chi connectivity index (χ2v) is 11.3. The quantitative estimate of drug-likeness (QED) is 0.678. The molecule has 4 heterocycles. The number of hydrogen-bond acceptors (Lipinski definition) is 5. The van der Waals surface area contributed by atoms with Crippen molar-refractivity contribution in [2.45, 2.75) is 13.3 Å². The molecule has 2 aromatic heterocycles. The molecule has 2 aliphatic heterocycles. The third-order valence-electron chi connectivity index (χ3n) is 5.83. The van der Waals surface area contributed by atoms with Gasteiger partial charge in [-0.2, -0.15) is 21.8 Å². The molecule has 0 fully saturated rings. The van der Waals surface area contributed by atoms with Gasteiger partial charge >= 0.3 is 5.69 Å². The molecule has 5 rings (SSSR count). The first kappa shape index (κ1) is 20.7. The number of pyridine rings is 1. The molecule has 0 saturated heterocycles. The molecule has 7 nitrogen and oxygen atoms in total. The Balaban J connectivity index is 1.95. The molecule has 0 amide bonds. The first-order valence-electron chi connectivity index (χ1n) is 10.1. The van der Waals surface area contributed by atoms with Gasteiger partial charge in [0.1, 0.15) is 5.65 Å². The molecule has 0 N–H and O–H groups in total. The summed E-state index contributed by atoms with van der Waals surface area (Å²) in [6.45, 7) is 1.84. The van der Waals surface area contributed by atoms with Crippen molar-refractivity contribution in [3.8, 4) is 0 Å². The number of rotatable bonds is 3. The average molecular weight is 468 g/mol. The molecular formula is C23H21N3O4S2. The van der Waals surface area contributed by atoms with E-state index in [4.69, 9.17) is 0 Å². The molecule has 0 spiro atoms. The standard InChI is InChI=1S/C23H21N3O4S2/c1-4-13-14-15(16-21(24-13)25(2)23(30)26(3)22(16)29)18(28)20(32-11-7-8-12-32)19(17(14)27)31-9-5-6-10-31/h5-12,31-32H,4H2,1-3H3. The highest BCUT2D eigenvalue weighted by molar-refractivity contribution is 8.29. The van der Waals surface area contributed by atoms with Crippen LogP contribution in [0.1, 0.15) is 33.3 Å². The maximum absolute atomic E-state index is 14.1. The minimum absolute atomic E-state index is 0.0316. The van der Waals surface area contributed by atoms with Crippen LogP contribution in [0.25, 0.3) is 11.0 Å². The van der Waals surface area contributed by atoms with Crippen LogP contribution < -0.4 is 11.2 Å². The SMILES string of the molecule is CCc1nc2c(c3c1C(=O)C([SH]1C=CC=C1)=C([SH]1C=CC=C1)C3=O)c(=O)n(C)c(=O)n2C. The van der Waals surface area contributed by atoms with Crippen molar-refractivity contribution in [1.82, 2.24) is 14.1 Å². The van der Waals surface area contributed by atoms with Crippen LogP contribution in [0.2, 0.25) is 0 Å². The van der Waals surface area contributed by atoms with Crippen LogP contribution in [0.4, 0.5) is 0 Å². The Morgan fingerprint density at radius 3 is 1.78 bits per heavy atom. The molecule has 0 radical (unpaired) electrons. The summed E-state index contributed by atoms with van der Waals surface area (Å²) < 4.78 is 2.22. The van der Waals surface area contributed by atoms with E-state index in [1.807, 2.05) is 52.9 Å². The van der Waals surface area contributed by atoms with E-state index < -0.39 is 33.0 Å². The summed E-state index contributed by atoms with van der Waals surface area (Å²) in [7, 11) is 0.709. The summed E-state index contributed by atoms with van der Waals surface area (Å²) in [5.41, 5.74) is -0.288. The van der Waals surface area contributed by atoms with Crippen LogP contribution in [0, 0.1) is 0 Å². The molecule has 0 aromatic carbocycles. The smallest absolute Gasteiger partial charge is 0.288 e. The van der Waals surface area contributed by atoms with Crippen LogP contribution in [0.5, 0.6) is 0 Å². The number of aryl methyl sites for hydroxylation is 2. The third kappa shape index (κ3) is 2.74. The number of thiol groups is 2. The van der Waals surface area contributed by atoms with Crippen LogP contribution in [-0.4, -0.2) is 25.7 Å². The van der Waals surface area contributed by atoms with Crippen LogP contribution >= 0.6 is 21.8 Å². The molecule has 164 valence electrons. The van der Waals surface area contributed by atoms with Gasteiger partial charge in [-0.1, -0.05) is 31.2 Å². The number of ketones is 2. The van der Waals surface area contributed by atoms with Gasteiger partial charge in [-0.15, -0.1) is 0 Å². The number of fused-ring (bicyclic) bond motifs is 3. The molecule has 3 aliphatic rings. The molecule has 0 bridgehead atoms. The average Bonchev–Trinajstić information content (AvgIpc) is 3.51. The molecule has 32 heavy (non-hydrogen) atoms. The van der Waals surface area contributed by atoms with Gasteiger partial charge in [0.05, 0.1) is 32.0 Å². The number of carbonyl (C=O) groups is 2. The maximum atomic E-state index is 14.1. The second kappa shape index (κ2) is 7.46. The molecule has 9 heteroatoms. The van der Waals surface area contributed by atoms with E-state index in [1.54, 1.807) is 0 Å². The number of aromatic nitrogens is 3. The lowest BCUT2D eigenvalue weighted by molar-refractivity contribution is 0.0988. The van der Waals surface area contributed by atoms with E-state index in [1.165, 1.54) is 18.7 Å². The molecule has 2 aromatic rings. The first-order valence-corrected chi connectivity index (χ1v) is 13.1. The number of Topliss-reactive ketones (excluding diaryl/α,β-unsaturated/α-hetero) is 2. The van der Waals surface area contributed by atoms with Gasteiger partial charge < -0.3 is 0 Å². The van der Waals surface area contributed by atoms with E-state index in [0.29, 0.717) is 21.9 Å². The van der Waals surface area contributed by atoms with E-state index >= 15 is 0 Å². The van der Waals surface area contributed by atoms with Gasteiger partial charge in [0.15, 0.2) is 0 Å². The fourth-order valence-corrected chi connectivity index (χ4v) is 8.27. The van der Waals surface area contributed by atoms with Crippen molar-refractivity contribution in [3.05, 3.63) is 93.4 Å². The Kier molecular flexibility index (Phi) is 4.83. The number of nitrogens with zero attached hydrogens (tertiary/aromatic N) is 3. The zero-order valence-corrected chi connectivity index (χ0v) is 19.5. The Bertz CT molecular complexity index is 1490. The fraction of sp³-hybridized carbons (Fsp3) is 0.174. The van der Waals surface area contributed by atoms with Gasteiger partial charge in [-0.25, -0.2) is 9.78 Å². The van der Waals surface area contributed by atoms with Crippen molar-refractivity contribution < 1.29 is 9.59 Å². The molecule has 0 saturated carbocycles. The van der Waals surface area contributed by atoms with E-state index in [-0.39, 0.29) is 33.7 Å². The predicted octanol–water partition coefficient (Wildman–Crippen LogP) is 2.87. The fourth-order valence-electron chi connectivity index (χ4n) is 4.26. The normalized spacial score (nSPS) is 19.2. The van der Waals surface area contributed by atoms with Gasteiger partial charge in [-0.05, 0) is 28.1 Å². The maximum Gasteiger partial charge on any atom is 0.332 e. The van der Waals surface area contributed by atoms with Gasteiger partial charge in [0.25, 0.3) is 5.56 Å². The summed E-state index contributed by atoms with van der Waals surface area (Å²) in [6, 6.07) is 0. The molecule has 1 aliphatic carbocycles. The summed E-state index contributed by atoms with van der Waals surface area (Å²) >= 11 is 0. The minimum Gasteiger partial charge on any atom is -0.288 e. The Labute approximate surface area is 188 Å². The van der Waals surface area contributed by atoms with Crippen molar-refractivity contribution in [1.29, 1.82) is 0 Å². The largest absolute Gasteiger partial charge is 0.332 e. The summed E-state index contributed by atoms with van der Waals surface area (Å²) in [6.07, 6.45) is 7.93. The van der Waals surface area contributed by atoms with Crippen molar-refractivity contribution >= 4 is 44.4 Å². The Hall–Kier alpha value is -3.17. The van der Waals surface area contributed by atoms with E-state index in [0.717, 1.165) is 4.57 Å². The summed E-state index contributed by atoms with van der Waals surface area (Å²) in [5.74, 6) is -0.554. The highest BCUT2D eigenvalue weighted by Crippen LogP contribution is 2.55. The lowest BCUT2D eigenvalue weighted by Crippen LogP contribution is -2.39. The van der Waals surface area contributed by atoms with Crippen LogP contribution in [0.15, 0.2) is 65.3 Å². The lowest BCUT2D eigenvalue weighted by Gasteiger charge is -2.29. The first-order chi connectivity index (χ1) is 15.4. The van der Waals surface area contributed by atoms with Crippen molar-refractivity contribution in [2.24, 2.45) is 14.1 Å². The topological polar surface area (TPSA) is 91.0 Å². The second-order valence-electron chi connectivity index (χ2n) is 7.60. The van der Waals surface area contributed by atoms with Crippen LogP contribution in [0.3, 0.4) is 0 Å². The molecule has 0 atom stereocenters. The Morgan fingerprint density at radius 1 is 0.781 bits per heavy atom. The van der Waals surface area contributed by atoms with Gasteiger partial charge in [0.2, 0.25) is 11.6 Å². The zero-order chi connectivity index (χ0) is 22.7. The van der Waals surface area contributed by atoms with Gasteiger partial charge in [-0.3, -0.25) is 23.5 Å². The number of hydrogen-bond donors (Lipinski definition) is 2. The number of allylic oxidation sites excluding steroid dienone is 6. The highest BCUT2D eigenvalue weighted by atomic mass is 32.2. The molecule has 0 unspecified atom stereocenters. The van der Waals surface area contributed by atoms with E-state index in [2.05, 4.69) is 4.98 Å². The lowest BCUT2D eigenvalue weighted by atomic mass is 9.90.